The molecule has 0 radical (unpaired) electrons. The van der Waals surface area contributed by atoms with Crippen LogP contribution in [-0.4, -0.2) is 43.8 Å². The lowest BCUT2D eigenvalue weighted by Crippen LogP contribution is -2.44. The Bertz CT molecular complexity index is 447. The van der Waals surface area contributed by atoms with Crippen LogP contribution in [-0.2, 0) is 27.2 Å². The van der Waals surface area contributed by atoms with Gasteiger partial charge in [-0.25, -0.2) is 0 Å². The Morgan fingerprint density at radius 3 is 2.85 bits per heavy atom. The van der Waals surface area contributed by atoms with Crippen molar-refractivity contribution in [1.29, 1.82) is 0 Å². The highest BCUT2D eigenvalue weighted by atomic mass is 16.5. The number of carbonyl (C=O) groups excluding carboxylic acids is 1. The summed E-state index contributed by atoms with van der Waals surface area (Å²) in [5, 5.41) is 0. The number of carbonyl (C=O) groups is 1. The third-order valence-corrected chi connectivity index (χ3v) is 3.88. The van der Waals surface area contributed by atoms with E-state index in [1.807, 2.05) is 18.2 Å². The number of hydrogen-bond donors (Lipinski definition) is 0. The van der Waals surface area contributed by atoms with E-state index in [0.717, 1.165) is 38.3 Å². The van der Waals surface area contributed by atoms with E-state index in [-0.39, 0.29) is 5.97 Å². The fourth-order valence-electron chi connectivity index (χ4n) is 2.60. The van der Waals surface area contributed by atoms with Gasteiger partial charge in [0.25, 0.3) is 0 Å². The third-order valence-electron chi connectivity index (χ3n) is 3.88. The van der Waals surface area contributed by atoms with Crippen LogP contribution in [0.2, 0.25) is 0 Å². The summed E-state index contributed by atoms with van der Waals surface area (Å²) < 4.78 is 10.3. The largest absolute Gasteiger partial charge is 0.469 e. The molecule has 1 aromatic carbocycles. The van der Waals surface area contributed by atoms with Gasteiger partial charge in [0.05, 0.1) is 26.7 Å². The average Bonchev–Trinajstić information content (AvgIpc) is 2.49. The monoisotopic (exact) mass is 277 g/mol. The van der Waals surface area contributed by atoms with E-state index in [0.29, 0.717) is 12.5 Å². The Kier molecular flexibility index (Phi) is 5.56. The summed E-state index contributed by atoms with van der Waals surface area (Å²) in [6.45, 7) is 5.60. The molecule has 0 aliphatic carbocycles. The van der Waals surface area contributed by atoms with Gasteiger partial charge in [-0.3, -0.25) is 9.69 Å². The molecule has 4 heteroatoms. The molecule has 0 bridgehead atoms. The average molecular weight is 277 g/mol. The Hall–Kier alpha value is -1.39. The molecular formula is C16H23NO3. The quantitative estimate of drug-likeness (QED) is 0.772. The van der Waals surface area contributed by atoms with Gasteiger partial charge in [-0.15, -0.1) is 0 Å². The SMILES string of the molecule is CCC1COCCN1Cc1ccccc1CC(=O)OC. The predicted octanol–water partition coefficient (Wildman–Crippen LogP) is 2.01. The Morgan fingerprint density at radius 1 is 1.40 bits per heavy atom. The summed E-state index contributed by atoms with van der Waals surface area (Å²) >= 11 is 0. The first-order chi connectivity index (χ1) is 9.74. The Labute approximate surface area is 120 Å². The second-order valence-electron chi connectivity index (χ2n) is 5.13. The van der Waals surface area contributed by atoms with Gasteiger partial charge in [0.1, 0.15) is 0 Å². The molecule has 1 atom stereocenters. The smallest absolute Gasteiger partial charge is 0.309 e. The maximum absolute atomic E-state index is 11.5. The molecule has 1 saturated heterocycles. The highest BCUT2D eigenvalue weighted by molar-refractivity contribution is 5.72. The molecule has 0 N–H and O–H groups in total. The molecule has 0 amide bonds. The van der Waals surface area contributed by atoms with Crippen LogP contribution in [0.1, 0.15) is 24.5 Å². The second-order valence-corrected chi connectivity index (χ2v) is 5.13. The van der Waals surface area contributed by atoms with E-state index in [9.17, 15) is 4.79 Å². The zero-order valence-corrected chi connectivity index (χ0v) is 12.3. The van der Waals surface area contributed by atoms with E-state index < -0.39 is 0 Å². The van der Waals surface area contributed by atoms with E-state index in [2.05, 4.69) is 17.9 Å². The fraction of sp³-hybridized carbons (Fsp3) is 0.562. The maximum atomic E-state index is 11.5. The van der Waals surface area contributed by atoms with Gasteiger partial charge in [-0.1, -0.05) is 31.2 Å². The van der Waals surface area contributed by atoms with Crippen LogP contribution in [0.5, 0.6) is 0 Å². The summed E-state index contributed by atoms with van der Waals surface area (Å²) in [5.41, 5.74) is 2.26. The molecule has 2 rings (SSSR count). The molecule has 0 spiro atoms. The molecule has 1 aromatic rings. The van der Waals surface area contributed by atoms with Crippen LogP contribution < -0.4 is 0 Å². The van der Waals surface area contributed by atoms with Crippen molar-refractivity contribution < 1.29 is 14.3 Å². The van der Waals surface area contributed by atoms with Gasteiger partial charge >= 0.3 is 5.97 Å². The van der Waals surface area contributed by atoms with E-state index in [1.54, 1.807) is 0 Å². The van der Waals surface area contributed by atoms with Crippen molar-refractivity contribution in [2.24, 2.45) is 0 Å². The van der Waals surface area contributed by atoms with Gasteiger partial charge in [-0.05, 0) is 17.5 Å². The van der Waals surface area contributed by atoms with Gasteiger partial charge < -0.3 is 9.47 Å². The Morgan fingerprint density at radius 2 is 2.15 bits per heavy atom. The second kappa shape index (κ2) is 7.41. The number of esters is 1. The number of ether oxygens (including phenoxy) is 2. The van der Waals surface area contributed by atoms with E-state index >= 15 is 0 Å². The number of methoxy groups -OCH3 is 1. The maximum Gasteiger partial charge on any atom is 0.309 e. The number of morpholine rings is 1. The summed E-state index contributed by atoms with van der Waals surface area (Å²) in [7, 11) is 1.43. The fourth-order valence-corrected chi connectivity index (χ4v) is 2.60. The first-order valence-corrected chi connectivity index (χ1v) is 7.20. The molecule has 4 nitrogen and oxygen atoms in total. The van der Waals surface area contributed by atoms with Crippen LogP contribution in [0.15, 0.2) is 24.3 Å². The van der Waals surface area contributed by atoms with Crippen molar-refractivity contribution in [2.75, 3.05) is 26.9 Å². The van der Waals surface area contributed by atoms with Crippen LogP contribution >= 0.6 is 0 Å². The number of hydrogen-bond acceptors (Lipinski definition) is 4. The van der Waals surface area contributed by atoms with Crippen molar-refractivity contribution in [3.05, 3.63) is 35.4 Å². The molecule has 1 heterocycles. The highest BCUT2D eigenvalue weighted by Crippen LogP contribution is 2.18. The summed E-state index contributed by atoms with van der Waals surface area (Å²) in [6, 6.07) is 8.57. The van der Waals surface area contributed by atoms with Gasteiger partial charge in [0.2, 0.25) is 0 Å². The topological polar surface area (TPSA) is 38.8 Å². The number of benzene rings is 1. The van der Waals surface area contributed by atoms with E-state index in [4.69, 9.17) is 9.47 Å². The normalized spacial score (nSPS) is 19.8. The number of nitrogens with zero attached hydrogens (tertiary/aromatic N) is 1. The standard InChI is InChI=1S/C16H23NO3/c1-3-15-12-20-9-8-17(15)11-14-7-5-4-6-13(14)10-16(18)19-2/h4-7,15H,3,8-12H2,1-2H3. The first kappa shape index (κ1) is 15.0. The van der Waals surface area contributed by atoms with Crippen molar-refractivity contribution >= 4 is 5.97 Å². The molecule has 110 valence electrons. The van der Waals surface area contributed by atoms with Gasteiger partial charge in [0.15, 0.2) is 0 Å². The van der Waals surface area contributed by atoms with Crippen LogP contribution in [0.25, 0.3) is 0 Å². The first-order valence-electron chi connectivity index (χ1n) is 7.20. The van der Waals surface area contributed by atoms with Crippen molar-refractivity contribution in [3.63, 3.8) is 0 Å². The lowest BCUT2D eigenvalue weighted by molar-refractivity contribution is -0.139. The summed E-state index contributed by atoms with van der Waals surface area (Å²) in [6.07, 6.45) is 1.42. The van der Waals surface area contributed by atoms with Crippen LogP contribution in [0.3, 0.4) is 0 Å². The molecular weight excluding hydrogens is 254 g/mol. The number of rotatable bonds is 5. The minimum Gasteiger partial charge on any atom is -0.469 e. The molecule has 1 aliphatic rings. The van der Waals surface area contributed by atoms with Crippen molar-refractivity contribution in [1.82, 2.24) is 4.90 Å². The van der Waals surface area contributed by atoms with Crippen molar-refractivity contribution in [2.45, 2.75) is 32.4 Å². The lowest BCUT2D eigenvalue weighted by atomic mass is 10.0. The zero-order chi connectivity index (χ0) is 14.4. The van der Waals surface area contributed by atoms with Crippen molar-refractivity contribution in [3.8, 4) is 0 Å². The molecule has 0 aromatic heterocycles. The molecule has 1 fully saturated rings. The molecule has 1 unspecified atom stereocenters. The predicted molar refractivity (Wildman–Crippen MR) is 77.5 cm³/mol. The van der Waals surface area contributed by atoms with Crippen LogP contribution in [0.4, 0.5) is 0 Å². The van der Waals surface area contributed by atoms with Gasteiger partial charge in [-0.2, -0.15) is 0 Å². The lowest BCUT2D eigenvalue weighted by Gasteiger charge is -2.35. The summed E-state index contributed by atoms with van der Waals surface area (Å²) in [4.78, 5) is 13.9. The minimum atomic E-state index is -0.188. The third kappa shape index (κ3) is 3.81. The Balaban J connectivity index is 2.09. The minimum absolute atomic E-state index is 0.188. The van der Waals surface area contributed by atoms with Gasteiger partial charge in [0, 0.05) is 19.1 Å². The van der Waals surface area contributed by atoms with E-state index in [1.165, 1.54) is 12.7 Å². The summed E-state index contributed by atoms with van der Waals surface area (Å²) in [5.74, 6) is -0.188. The highest BCUT2D eigenvalue weighted by Gasteiger charge is 2.22. The molecule has 20 heavy (non-hydrogen) atoms. The zero-order valence-electron chi connectivity index (χ0n) is 12.3. The molecule has 0 saturated carbocycles. The van der Waals surface area contributed by atoms with Crippen LogP contribution in [0, 0.1) is 0 Å². The molecule has 1 aliphatic heterocycles.